The summed E-state index contributed by atoms with van der Waals surface area (Å²) in [5.74, 6) is -0.253. The zero-order valence-electron chi connectivity index (χ0n) is 11.9. The van der Waals surface area contributed by atoms with Gasteiger partial charge in [-0.05, 0) is 31.9 Å². The van der Waals surface area contributed by atoms with E-state index in [4.69, 9.17) is 10.5 Å². The number of hydrogen-bond donors (Lipinski definition) is 2. The topological polar surface area (TPSA) is 88.4 Å². The van der Waals surface area contributed by atoms with Crippen LogP contribution in [0.5, 0.6) is 0 Å². The van der Waals surface area contributed by atoms with Crippen molar-refractivity contribution < 1.29 is 9.53 Å². The molecule has 1 aromatic rings. The minimum Gasteiger partial charge on any atom is -0.381 e. The summed E-state index contributed by atoms with van der Waals surface area (Å²) in [4.78, 5) is 28.7. The van der Waals surface area contributed by atoms with Crippen molar-refractivity contribution in [3.8, 4) is 0 Å². The second-order valence-electron chi connectivity index (χ2n) is 5.15. The van der Waals surface area contributed by atoms with Crippen molar-refractivity contribution >= 4 is 5.91 Å². The lowest BCUT2D eigenvalue weighted by Crippen LogP contribution is -2.52. The number of nitrogens with one attached hydrogen (secondary N) is 1. The Hall–Kier alpha value is -1.66. The van der Waals surface area contributed by atoms with Crippen LogP contribution in [0.4, 0.5) is 0 Å². The molecule has 1 saturated heterocycles. The third-order valence-electron chi connectivity index (χ3n) is 3.82. The van der Waals surface area contributed by atoms with Gasteiger partial charge in [0.05, 0.1) is 6.10 Å². The largest absolute Gasteiger partial charge is 0.381 e. The molecule has 1 aliphatic heterocycles. The Labute approximate surface area is 117 Å². The van der Waals surface area contributed by atoms with E-state index in [2.05, 4.69) is 4.98 Å². The van der Waals surface area contributed by atoms with Gasteiger partial charge in [-0.25, -0.2) is 0 Å². The number of pyridine rings is 1. The second kappa shape index (κ2) is 6.19. The van der Waals surface area contributed by atoms with Gasteiger partial charge < -0.3 is 20.4 Å². The Balaban J connectivity index is 2.21. The number of carbonyl (C=O) groups excluding carboxylic acids is 1. The summed E-state index contributed by atoms with van der Waals surface area (Å²) < 4.78 is 5.34. The van der Waals surface area contributed by atoms with Gasteiger partial charge in [-0.15, -0.1) is 0 Å². The minimum atomic E-state index is -0.348. The normalized spacial score (nSPS) is 22.9. The number of piperidine rings is 1. The molecule has 1 fully saturated rings. The fourth-order valence-electron chi connectivity index (χ4n) is 2.61. The summed E-state index contributed by atoms with van der Waals surface area (Å²) >= 11 is 0. The van der Waals surface area contributed by atoms with Gasteiger partial charge in [-0.1, -0.05) is 0 Å². The van der Waals surface area contributed by atoms with E-state index in [9.17, 15) is 9.59 Å². The predicted molar refractivity (Wildman–Crippen MR) is 75.7 cm³/mol. The number of methoxy groups -OCH3 is 1. The summed E-state index contributed by atoms with van der Waals surface area (Å²) in [6.45, 7) is 2.71. The molecule has 0 bridgehead atoms. The van der Waals surface area contributed by atoms with Crippen LogP contribution >= 0.6 is 0 Å². The summed E-state index contributed by atoms with van der Waals surface area (Å²) in [7, 11) is 1.67. The Morgan fingerprint density at radius 3 is 2.90 bits per heavy atom. The zero-order valence-corrected chi connectivity index (χ0v) is 11.9. The molecule has 2 heterocycles. The van der Waals surface area contributed by atoms with Gasteiger partial charge >= 0.3 is 0 Å². The highest BCUT2D eigenvalue weighted by atomic mass is 16.5. The lowest BCUT2D eigenvalue weighted by molar-refractivity contribution is 0.0138. The van der Waals surface area contributed by atoms with Crippen molar-refractivity contribution in [1.82, 2.24) is 9.88 Å². The predicted octanol–water partition coefficient (Wildman–Crippen LogP) is 0.262. The van der Waals surface area contributed by atoms with Gasteiger partial charge in [-0.2, -0.15) is 0 Å². The molecule has 1 aromatic heterocycles. The number of rotatable bonds is 3. The number of hydrogen-bond acceptors (Lipinski definition) is 4. The number of ether oxygens (including phenoxy) is 1. The summed E-state index contributed by atoms with van der Waals surface area (Å²) in [6, 6.07) is 3.22. The maximum Gasteiger partial charge on any atom is 0.260 e. The second-order valence-corrected chi connectivity index (χ2v) is 5.15. The third-order valence-corrected chi connectivity index (χ3v) is 3.82. The first-order chi connectivity index (χ1) is 9.56. The van der Waals surface area contributed by atoms with Crippen molar-refractivity contribution in [2.24, 2.45) is 5.73 Å². The first-order valence-electron chi connectivity index (χ1n) is 6.80. The number of amides is 1. The van der Waals surface area contributed by atoms with Gasteiger partial charge in [-0.3, -0.25) is 9.59 Å². The van der Waals surface area contributed by atoms with E-state index in [0.717, 1.165) is 12.1 Å². The Morgan fingerprint density at radius 2 is 2.30 bits per heavy atom. The summed E-state index contributed by atoms with van der Waals surface area (Å²) in [5, 5.41) is 0. The molecule has 20 heavy (non-hydrogen) atoms. The van der Waals surface area contributed by atoms with Crippen LogP contribution < -0.4 is 11.3 Å². The van der Waals surface area contributed by atoms with Gasteiger partial charge in [0.2, 0.25) is 0 Å². The minimum absolute atomic E-state index is 0.0816. The molecule has 2 atom stereocenters. The number of aromatic nitrogens is 1. The number of likely N-dealkylation sites (tertiary alicyclic amines) is 1. The molecule has 0 aliphatic carbocycles. The molecule has 1 aliphatic rings. The molecule has 6 nitrogen and oxygen atoms in total. The first kappa shape index (κ1) is 14.7. The van der Waals surface area contributed by atoms with Crippen molar-refractivity contribution in [2.45, 2.75) is 31.9 Å². The molecule has 0 saturated carbocycles. The van der Waals surface area contributed by atoms with Crippen molar-refractivity contribution in [1.29, 1.82) is 0 Å². The number of H-pyrrole nitrogens is 1. The molecular formula is C14H21N3O3. The van der Waals surface area contributed by atoms with Crippen LogP contribution in [0.3, 0.4) is 0 Å². The maximum absolute atomic E-state index is 12.5. The molecule has 2 unspecified atom stereocenters. The summed E-state index contributed by atoms with van der Waals surface area (Å²) in [6.07, 6.45) is 1.61. The number of aromatic amines is 1. The molecule has 0 radical (unpaired) electrons. The highest BCUT2D eigenvalue weighted by molar-refractivity contribution is 5.94. The highest BCUT2D eigenvalue weighted by Crippen LogP contribution is 2.20. The Kier molecular flexibility index (Phi) is 4.57. The average Bonchev–Trinajstić information content (AvgIpc) is 2.46. The molecule has 1 amide bonds. The number of nitrogens with zero attached hydrogens (tertiary/aromatic N) is 1. The maximum atomic E-state index is 12.5. The van der Waals surface area contributed by atoms with E-state index in [1.165, 1.54) is 0 Å². The standard InChI is InChI=1S/C14H21N3O3/c1-9-3-4-12(13(18)16-9)14(19)17-6-5-11(20-2)7-10(17)8-15/h3-4,10-11H,5-8,15H2,1-2H3,(H,16,18). The number of nitrogens with two attached hydrogens (primary N) is 1. The average molecular weight is 279 g/mol. The molecule has 6 heteroatoms. The van der Waals surface area contributed by atoms with Crippen LogP contribution in [0.15, 0.2) is 16.9 Å². The van der Waals surface area contributed by atoms with E-state index in [0.29, 0.717) is 19.5 Å². The van der Waals surface area contributed by atoms with E-state index in [1.807, 2.05) is 0 Å². The van der Waals surface area contributed by atoms with Crippen molar-refractivity contribution in [2.75, 3.05) is 20.2 Å². The zero-order chi connectivity index (χ0) is 14.7. The molecule has 0 aromatic carbocycles. The first-order valence-corrected chi connectivity index (χ1v) is 6.80. The lowest BCUT2D eigenvalue weighted by atomic mass is 9.98. The SMILES string of the molecule is COC1CCN(C(=O)c2ccc(C)[nH]c2=O)C(CN)C1. The third kappa shape index (κ3) is 2.91. The Morgan fingerprint density at radius 1 is 1.55 bits per heavy atom. The molecule has 3 N–H and O–H groups in total. The van der Waals surface area contributed by atoms with Crippen LogP contribution in [0.1, 0.15) is 28.9 Å². The van der Waals surface area contributed by atoms with Gasteiger partial charge in [0.15, 0.2) is 0 Å². The van der Waals surface area contributed by atoms with E-state index in [-0.39, 0.29) is 29.2 Å². The fraction of sp³-hybridized carbons (Fsp3) is 0.571. The van der Waals surface area contributed by atoms with E-state index < -0.39 is 0 Å². The molecule has 2 rings (SSSR count). The van der Waals surface area contributed by atoms with Crippen LogP contribution in [0.2, 0.25) is 0 Å². The quantitative estimate of drug-likeness (QED) is 0.831. The van der Waals surface area contributed by atoms with Crippen LogP contribution in [-0.4, -0.2) is 48.1 Å². The Bertz CT molecular complexity index is 541. The molecule has 110 valence electrons. The van der Waals surface area contributed by atoms with Crippen LogP contribution in [-0.2, 0) is 4.74 Å². The lowest BCUT2D eigenvalue weighted by Gasteiger charge is -2.38. The van der Waals surface area contributed by atoms with Crippen LogP contribution in [0.25, 0.3) is 0 Å². The monoisotopic (exact) mass is 279 g/mol. The number of aryl methyl sites for hydroxylation is 1. The van der Waals surface area contributed by atoms with E-state index in [1.54, 1.807) is 31.1 Å². The summed E-state index contributed by atoms with van der Waals surface area (Å²) in [5.41, 5.74) is 6.31. The van der Waals surface area contributed by atoms with Crippen LogP contribution in [0, 0.1) is 6.92 Å². The van der Waals surface area contributed by atoms with Gasteiger partial charge in [0.1, 0.15) is 5.56 Å². The van der Waals surface area contributed by atoms with Crippen molar-refractivity contribution in [3.63, 3.8) is 0 Å². The van der Waals surface area contributed by atoms with Gasteiger partial charge in [0, 0.05) is 31.9 Å². The van der Waals surface area contributed by atoms with Crippen molar-refractivity contribution in [3.05, 3.63) is 33.7 Å². The molecule has 0 spiro atoms. The van der Waals surface area contributed by atoms with E-state index >= 15 is 0 Å². The smallest absolute Gasteiger partial charge is 0.260 e. The highest BCUT2D eigenvalue weighted by Gasteiger charge is 2.32. The van der Waals surface area contributed by atoms with Gasteiger partial charge in [0.25, 0.3) is 11.5 Å². The fourth-order valence-corrected chi connectivity index (χ4v) is 2.61. The molecular weight excluding hydrogens is 258 g/mol. The number of carbonyl (C=O) groups is 1.